The number of nitrogens with one attached hydrogen (secondary N) is 3. The topological polar surface area (TPSA) is 142 Å². The molecule has 3 aromatic rings. The van der Waals surface area contributed by atoms with Crippen molar-refractivity contribution in [2.75, 3.05) is 23.3 Å². The van der Waals surface area contributed by atoms with E-state index in [1.807, 2.05) is 0 Å². The van der Waals surface area contributed by atoms with Gasteiger partial charge < -0.3 is 26.0 Å². The molecule has 192 valence electrons. The van der Waals surface area contributed by atoms with Crippen LogP contribution < -0.4 is 15.5 Å². The number of pyridine rings is 1. The summed E-state index contributed by atoms with van der Waals surface area (Å²) in [6, 6.07) is 17.6. The highest BCUT2D eigenvalue weighted by Crippen LogP contribution is 2.24. The third-order valence-corrected chi connectivity index (χ3v) is 6.24. The van der Waals surface area contributed by atoms with E-state index in [0.29, 0.717) is 28.1 Å². The van der Waals surface area contributed by atoms with E-state index in [-0.39, 0.29) is 18.2 Å². The zero-order valence-electron chi connectivity index (χ0n) is 21.0. The van der Waals surface area contributed by atoms with E-state index >= 15 is 0 Å². The number of nitrogens with zero attached hydrogens (tertiary/aromatic N) is 3. The Morgan fingerprint density at radius 2 is 1.95 bits per heavy atom. The summed E-state index contributed by atoms with van der Waals surface area (Å²) in [5.41, 5.74) is 3.78. The lowest BCUT2D eigenvalue weighted by molar-refractivity contribution is -0.120. The monoisotopic (exact) mass is 508 g/mol. The van der Waals surface area contributed by atoms with Gasteiger partial charge in [0.1, 0.15) is 0 Å². The molecule has 1 saturated heterocycles. The predicted octanol–water partition coefficient (Wildman–Crippen LogP) is 4.24. The van der Waals surface area contributed by atoms with Crippen molar-refractivity contribution in [3.63, 3.8) is 0 Å². The van der Waals surface area contributed by atoms with Gasteiger partial charge in [-0.25, -0.2) is 0 Å². The molecule has 9 heteroatoms. The number of aliphatic hydroxyl groups is 1. The standard InChI is InChI=1S/C29H28N6O3/c1-19-7-8-22(34-28(37)21-12-20(17-30)13-24(14-21)35-10-4-5-11-35)15-25(19)26(31)16-27(36)29(38)33-18-23-6-2-3-9-32-23/h2-3,6-9,12-16,31,36H,4-5,10-11,18H2,1H3,(H,33,38)(H,34,37)/b27-16-,31-26?. The summed E-state index contributed by atoms with van der Waals surface area (Å²) in [5, 5.41) is 33.5. The Balaban J connectivity index is 1.47. The van der Waals surface area contributed by atoms with Gasteiger partial charge in [0.2, 0.25) is 0 Å². The molecule has 0 saturated carbocycles. The number of aryl methyl sites for hydroxylation is 1. The maximum absolute atomic E-state index is 13.1. The molecule has 2 heterocycles. The van der Waals surface area contributed by atoms with Gasteiger partial charge >= 0.3 is 0 Å². The van der Waals surface area contributed by atoms with Crippen molar-refractivity contribution in [2.45, 2.75) is 26.3 Å². The molecule has 0 atom stereocenters. The van der Waals surface area contributed by atoms with E-state index in [2.05, 4.69) is 26.6 Å². The molecule has 0 unspecified atom stereocenters. The van der Waals surface area contributed by atoms with Gasteiger partial charge in [0, 0.05) is 47.9 Å². The van der Waals surface area contributed by atoms with Crippen LogP contribution in [0.3, 0.4) is 0 Å². The van der Waals surface area contributed by atoms with Crippen LogP contribution in [0.2, 0.25) is 0 Å². The molecule has 0 aliphatic carbocycles. The molecule has 1 fully saturated rings. The molecule has 38 heavy (non-hydrogen) atoms. The van der Waals surface area contributed by atoms with Gasteiger partial charge in [-0.05, 0) is 67.8 Å². The summed E-state index contributed by atoms with van der Waals surface area (Å²) >= 11 is 0. The van der Waals surface area contributed by atoms with Crippen LogP contribution >= 0.6 is 0 Å². The number of nitriles is 1. The number of carbonyl (C=O) groups excluding carboxylic acids is 2. The molecule has 9 nitrogen and oxygen atoms in total. The molecule has 2 amide bonds. The zero-order chi connectivity index (χ0) is 27.1. The Morgan fingerprint density at radius 1 is 1.16 bits per heavy atom. The fourth-order valence-corrected chi connectivity index (χ4v) is 4.20. The number of carbonyl (C=O) groups is 2. The van der Waals surface area contributed by atoms with E-state index < -0.39 is 11.7 Å². The summed E-state index contributed by atoms with van der Waals surface area (Å²) < 4.78 is 0. The first kappa shape index (κ1) is 26.1. The Kier molecular flexibility index (Phi) is 8.14. The van der Waals surface area contributed by atoms with Crippen LogP contribution in [0.1, 0.15) is 45.6 Å². The minimum absolute atomic E-state index is 0.0908. The van der Waals surface area contributed by atoms with Crippen LogP contribution in [0.25, 0.3) is 0 Å². The molecule has 4 rings (SSSR count). The first-order chi connectivity index (χ1) is 18.3. The van der Waals surface area contributed by atoms with E-state index in [0.717, 1.165) is 43.3 Å². The van der Waals surface area contributed by atoms with Crippen molar-refractivity contribution in [3.8, 4) is 6.07 Å². The highest BCUT2D eigenvalue weighted by molar-refractivity contribution is 6.12. The maximum Gasteiger partial charge on any atom is 0.286 e. The average molecular weight is 509 g/mol. The lowest BCUT2D eigenvalue weighted by Crippen LogP contribution is -2.25. The van der Waals surface area contributed by atoms with Crippen molar-refractivity contribution in [1.82, 2.24) is 10.3 Å². The minimum Gasteiger partial charge on any atom is -0.503 e. The lowest BCUT2D eigenvalue weighted by Gasteiger charge is -2.19. The van der Waals surface area contributed by atoms with Crippen molar-refractivity contribution in [3.05, 3.63) is 101 Å². The molecule has 2 aromatic carbocycles. The molecule has 0 bridgehead atoms. The Hall–Kier alpha value is -4.97. The number of hydrogen-bond acceptors (Lipinski definition) is 7. The molecular formula is C29H28N6O3. The molecule has 1 aromatic heterocycles. The molecular weight excluding hydrogens is 480 g/mol. The fourth-order valence-electron chi connectivity index (χ4n) is 4.20. The third kappa shape index (κ3) is 6.42. The van der Waals surface area contributed by atoms with Crippen LogP contribution in [0.5, 0.6) is 0 Å². The van der Waals surface area contributed by atoms with Gasteiger partial charge in [-0.3, -0.25) is 14.6 Å². The summed E-state index contributed by atoms with van der Waals surface area (Å²) in [4.78, 5) is 31.6. The highest BCUT2D eigenvalue weighted by atomic mass is 16.3. The van der Waals surface area contributed by atoms with Gasteiger partial charge in [0.05, 0.1) is 29.6 Å². The number of amides is 2. The van der Waals surface area contributed by atoms with Crippen molar-refractivity contribution >= 4 is 28.9 Å². The molecule has 1 aliphatic rings. The number of anilines is 2. The summed E-state index contributed by atoms with van der Waals surface area (Å²) in [6.45, 7) is 3.71. The number of aromatic nitrogens is 1. The number of aliphatic hydroxyl groups excluding tert-OH is 1. The van der Waals surface area contributed by atoms with Gasteiger partial charge in [-0.1, -0.05) is 12.1 Å². The maximum atomic E-state index is 13.1. The van der Waals surface area contributed by atoms with Gasteiger partial charge in [0.15, 0.2) is 5.76 Å². The second kappa shape index (κ2) is 11.8. The van der Waals surface area contributed by atoms with Crippen LogP contribution in [-0.2, 0) is 11.3 Å². The zero-order valence-corrected chi connectivity index (χ0v) is 21.0. The quantitative estimate of drug-likeness (QED) is 0.204. The number of hydrogen-bond donors (Lipinski definition) is 4. The Morgan fingerprint density at radius 3 is 2.66 bits per heavy atom. The van der Waals surface area contributed by atoms with Crippen molar-refractivity contribution in [2.24, 2.45) is 0 Å². The summed E-state index contributed by atoms with van der Waals surface area (Å²) in [6.07, 6.45) is 4.83. The largest absolute Gasteiger partial charge is 0.503 e. The van der Waals surface area contributed by atoms with Gasteiger partial charge in [-0.2, -0.15) is 5.26 Å². The van der Waals surface area contributed by atoms with Crippen LogP contribution in [-0.4, -0.2) is 40.7 Å². The molecule has 0 radical (unpaired) electrons. The molecule has 0 spiro atoms. The summed E-state index contributed by atoms with van der Waals surface area (Å²) in [5.74, 6) is -1.72. The second-order valence-electron chi connectivity index (χ2n) is 9.01. The minimum atomic E-state index is -0.728. The van der Waals surface area contributed by atoms with E-state index in [1.165, 1.54) is 0 Å². The predicted molar refractivity (Wildman–Crippen MR) is 145 cm³/mol. The third-order valence-electron chi connectivity index (χ3n) is 6.24. The Bertz CT molecular complexity index is 1440. The van der Waals surface area contributed by atoms with Gasteiger partial charge in [0.25, 0.3) is 11.8 Å². The SMILES string of the molecule is Cc1ccc(NC(=O)c2cc(C#N)cc(N3CCCC3)c2)cc1C(=N)/C=C(\O)C(=O)NCc1ccccn1. The molecule has 1 aliphatic heterocycles. The van der Waals surface area contributed by atoms with Crippen LogP contribution in [0.15, 0.2) is 72.6 Å². The van der Waals surface area contributed by atoms with E-state index in [9.17, 15) is 20.0 Å². The lowest BCUT2D eigenvalue weighted by atomic mass is 10.0. The smallest absolute Gasteiger partial charge is 0.286 e. The summed E-state index contributed by atoms with van der Waals surface area (Å²) in [7, 11) is 0. The van der Waals surface area contributed by atoms with E-state index in [1.54, 1.807) is 67.7 Å². The first-order valence-corrected chi connectivity index (χ1v) is 12.2. The van der Waals surface area contributed by atoms with Gasteiger partial charge in [-0.15, -0.1) is 0 Å². The average Bonchev–Trinajstić information content (AvgIpc) is 3.48. The number of benzene rings is 2. The van der Waals surface area contributed by atoms with Crippen molar-refractivity contribution < 1.29 is 14.7 Å². The van der Waals surface area contributed by atoms with E-state index in [4.69, 9.17) is 5.41 Å². The Labute approximate surface area is 221 Å². The van der Waals surface area contributed by atoms with Crippen LogP contribution in [0.4, 0.5) is 11.4 Å². The number of allylic oxidation sites excluding steroid dienone is 1. The molecule has 4 N–H and O–H groups in total. The normalized spacial score (nSPS) is 13.1. The first-order valence-electron chi connectivity index (χ1n) is 12.2. The second-order valence-corrected chi connectivity index (χ2v) is 9.01. The number of rotatable bonds is 8. The highest BCUT2D eigenvalue weighted by Gasteiger charge is 2.17. The fraction of sp³-hybridized carbons (Fsp3) is 0.207. The van der Waals surface area contributed by atoms with Crippen molar-refractivity contribution in [1.29, 1.82) is 10.7 Å². The van der Waals surface area contributed by atoms with Crippen LogP contribution in [0, 0.1) is 23.7 Å².